The number of aromatic hydroxyl groups is 1. The SMILES string of the molecule is [2H]C([2H])([2H])C(c1ccc(-n2c(-c3cc(C(C)C)cc(C(C)C)c3O)nc3c(-c4cc(-c5cc(-c6ccccc6)ccn5)cc(C(C)(C)C)c4)cccc32)c(-c2ccccc2)c1)(C([2H])([2H])[2H])C([2H])([2H])[2H]. The third kappa shape index (κ3) is 7.79. The summed E-state index contributed by atoms with van der Waals surface area (Å²) in [5.74, 6) is 0.450. The van der Waals surface area contributed by atoms with Gasteiger partial charge in [0.15, 0.2) is 0 Å². The van der Waals surface area contributed by atoms with Crippen molar-refractivity contribution < 1.29 is 17.4 Å². The van der Waals surface area contributed by atoms with Crippen LogP contribution < -0.4 is 0 Å². The molecule has 0 unspecified atom stereocenters. The Morgan fingerprint density at radius 2 is 1.27 bits per heavy atom. The number of hydrogen-bond acceptors (Lipinski definition) is 3. The number of para-hydroxylation sites is 1. The first kappa shape index (κ1) is 30.7. The van der Waals surface area contributed by atoms with E-state index in [1.165, 1.54) is 12.1 Å². The molecule has 0 aliphatic heterocycles. The van der Waals surface area contributed by atoms with Crippen LogP contribution in [0.1, 0.15) is 115 Å². The Bertz CT molecular complexity index is 3140. The maximum atomic E-state index is 12.4. The van der Waals surface area contributed by atoms with Crippen LogP contribution in [0.2, 0.25) is 0 Å². The average molecular weight is 797 g/mol. The number of benzene rings is 6. The van der Waals surface area contributed by atoms with Crippen molar-refractivity contribution >= 4 is 11.0 Å². The molecule has 0 fully saturated rings. The van der Waals surface area contributed by atoms with Gasteiger partial charge >= 0.3 is 0 Å². The number of nitrogens with zero attached hydrogens (tertiary/aromatic N) is 3. The standard InChI is InChI=1S/C56H57N3O/c1-35(2)40-31-46(36(3)4)53(60)48(32-40)54-58-52-45(22-17-23-51(52)59(54)50-25-24-43(55(5,6)7)34-47(50)38-20-15-12-16-21-38)41-28-42(30-44(29-41)56(8,9)10)49-33-39(26-27-57-49)37-18-13-11-14-19-37/h11-36,60H,1-10H3/i5D3,6D3,7D3. The molecular weight excluding hydrogens is 731 g/mol. The molecule has 8 rings (SSSR count). The minimum atomic E-state index is -3.48. The molecule has 0 aliphatic carbocycles. The van der Waals surface area contributed by atoms with Gasteiger partial charge in [-0.15, -0.1) is 0 Å². The van der Waals surface area contributed by atoms with Crippen LogP contribution in [0.3, 0.4) is 0 Å². The van der Waals surface area contributed by atoms with Crippen LogP contribution in [0.25, 0.3) is 72.7 Å². The summed E-state index contributed by atoms with van der Waals surface area (Å²) in [5.41, 5.74) is 7.50. The molecule has 6 aromatic carbocycles. The van der Waals surface area contributed by atoms with Crippen molar-refractivity contribution in [1.29, 1.82) is 0 Å². The smallest absolute Gasteiger partial charge is 0.149 e. The summed E-state index contributed by atoms with van der Waals surface area (Å²) in [5, 5.41) is 12.4. The zero-order chi connectivity index (χ0) is 50.0. The Morgan fingerprint density at radius 3 is 1.93 bits per heavy atom. The molecule has 0 saturated heterocycles. The molecule has 0 saturated carbocycles. The van der Waals surface area contributed by atoms with E-state index in [0.29, 0.717) is 39.2 Å². The second-order valence-corrected chi connectivity index (χ2v) is 17.5. The molecule has 0 aliphatic rings. The fraction of sp³-hybridized carbons (Fsp3) is 0.250. The van der Waals surface area contributed by atoms with Crippen LogP contribution in [-0.4, -0.2) is 19.6 Å². The van der Waals surface area contributed by atoms with E-state index in [-0.39, 0.29) is 28.6 Å². The first-order chi connectivity index (χ1) is 32.3. The van der Waals surface area contributed by atoms with Gasteiger partial charge in [0.1, 0.15) is 11.6 Å². The van der Waals surface area contributed by atoms with Crippen LogP contribution in [0.15, 0.2) is 146 Å². The van der Waals surface area contributed by atoms with Crippen molar-refractivity contribution in [2.24, 2.45) is 0 Å². The predicted molar refractivity (Wildman–Crippen MR) is 253 cm³/mol. The van der Waals surface area contributed by atoms with Gasteiger partial charge in [-0.3, -0.25) is 9.55 Å². The lowest BCUT2D eigenvalue weighted by Crippen LogP contribution is -2.12. The number of hydrogen-bond donors (Lipinski definition) is 1. The van der Waals surface area contributed by atoms with E-state index >= 15 is 0 Å². The Hall–Kier alpha value is -6.26. The number of phenolic OH excluding ortho intramolecular Hbond substituents is 1. The summed E-state index contributed by atoms with van der Waals surface area (Å²) in [6.07, 6.45) is 1.83. The fourth-order valence-corrected chi connectivity index (χ4v) is 7.96. The Kier molecular flexibility index (Phi) is 8.06. The molecule has 0 bridgehead atoms. The van der Waals surface area contributed by atoms with Crippen molar-refractivity contribution in [3.05, 3.63) is 168 Å². The fourth-order valence-electron chi connectivity index (χ4n) is 7.96. The lowest BCUT2D eigenvalue weighted by Gasteiger charge is -2.23. The van der Waals surface area contributed by atoms with Gasteiger partial charge in [0, 0.05) is 35.2 Å². The van der Waals surface area contributed by atoms with Gasteiger partial charge in [-0.1, -0.05) is 160 Å². The van der Waals surface area contributed by atoms with E-state index in [4.69, 9.17) is 22.3 Å². The van der Waals surface area contributed by atoms with Gasteiger partial charge < -0.3 is 5.11 Å². The Labute approximate surface area is 369 Å². The first-order valence-electron chi connectivity index (χ1n) is 25.1. The van der Waals surface area contributed by atoms with Gasteiger partial charge in [0.25, 0.3) is 0 Å². The third-order valence-corrected chi connectivity index (χ3v) is 11.4. The number of phenols is 1. The number of aromatic nitrogens is 3. The zero-order valence-electron chi connectivity index (χ0n) is 44.3. The molecule has 302 valence electrons. The van der Waals surface area contributed by atoms with E-state index in [1.54, 1.807) is 18.2 Å². The Balaban J connectivity index is 1.49. The van der Waals surface area contributed by atoms with Crippen molar-refractivity contribution in [1.82, 2.24) is 14.5 Å². The lowest BCUT2D eigenvalue weighted by molar-refractivity contribution is 0.466. The number of imidazole rings is 1. The van der Waals surface area contributed by atoms with E-state index in [9.17, 15) is 5.11 Å². The van der Waals surface area contributed by atoms with Crippen LogP contribution in [0, 0.1) is 0 Å². The first-order valence-corrected chi connectivity index (χ1v) is 20.6. The summed E-state index contributed by atoms with van der Waals surface area (Å²) in [6, 6.07) is 44.0. The molecule has 2 aromatic heterocycles. The molecule has 4 heteroatoms. The van der Waals surface area contributed by atoms with E-state index < -0.39 is 26.0 Å². The van der Waals surface area contributed by atoms with Crippen LogP contribution >= 0.6 is 0 Å². The van der Waals surface area contributed by atoms with Crippen molar-refractivity contribution in [2.45, 2.75) is 91.7 Å². The molecule has 8 aromatic rings. The Morgan fingerprint density at radius 1 is 0.567 bits per heavy atom. The number of fused-ring (bicyclic) bond motifs is 1. The molecule has 60 heavy (non-hydrogen) atoms. The number of rotatable bonds is 8. The minimum Gasteiger partial charge on any atom is -0.507 e. The molecule has 4 nitrogen and oxygen atoms in total. The van der Waals surface area contributed by atoms with Crippen LogP contribution in [0.4, 0.5) is 0 Å². The van der Waals surface area contributed by atoms with Gasteiger partial charge in [-0.05, 0) is 116 Å². The second-order valence-electron chi connectivity index (χ2n) is 17.5. The largest absolute Gasteiger partial charge is 0.507 e. The molecule has 2 heterocycles. The van der Waals surface area contributed by atoms with Crippen molar-refractivity contribution in [3.63, 3.8) is 0 Å². The van der Waals surface area contributed by atoms with E-state index in [1.807, 2.05) is 97.4 Å². The molecular formula is C56H57N3O. The second kappa shape index (κ2) is 15.7. The van der Waals surface area contributed by atoms with Gasteiger partial charge in [-0.2, -0.15) is 0 Å². The lowest BCUT2D eigenvalue weighted by atomic mass is 9.83. The predicted octanol–water partition coefficient (Wildman–Crippen LogP) is 15.3. The normalized spacial score (nSPS) is 15.1. The summed E-state index contributed by atoms with van der Waals surface area (Å²) in [6.45, 7) is 4.30. The van der Waals surface area contributed by atoms with Gasteiger partial charge in [0.2, 0.25) is 0 Å². The maximum absolute atomic E-state index is 12.4. The monoisotopic (exact) mass is 797 g/mol. The zero-order valence-corrected chi connectivity index (χ0v) is 35.3. The van der Waals surface area contributed by atoms with Crippen molar-refractivity contribution in [3.8, 4) is 67.5 Å². The summed E-state index contributed by atoms with van der Waals surface area (Å²) in [7, 11) is 0. The van der Waals surface area contributed by atoms with Gasteiger partial charge in [-0.25, -0.2) is 4.98 Å². The molecule has 0 atom stereocenters. The number of pyridine rings is 1. The quantitative estimate of drug-likeness (QED) is 0.167. The summed E-state index contributed by atoms with van der Waals surface area (Å²) < 4.78 is 79.2. The van der Waals surface area contributed by atoms with Gasteiger partial charge in [0.05, 0.1) is 28.0 Å². The highest BCUT2D eigenvalue weighted by Crippen LogP contribution is 2.45. The highest BCUT2D eigenvalue weighted by molar-refractivity contribution is 5.98. The van der Waals surface area contributed by atoms with Crippen LogP contribution in [0.5, 0.6) is 5.75 Å². The third-order valence-electron chi connectivity index (χ3n) is 11.4. The molecule has 1 N–H and O–H groups in total. The topological polar surface area (TPSA) is 50.9 Å². The molecule has 0 spiro atoms. The summed E-state index contributed by atoms with van der Waals surface area (Å²) in [4.78, 5) is 10.3. The van der Waals surface area contributed by atoms with Crippen LogP contribution in [-0.2, 0) is 10.8 Å². The molecule has 0 radical (unpaired) electrons. The van der Waals surface area contributed by atoms with E-state index in [0.717, 1.165) is 50.2 Å². The minimum absolute atomic E-state index is 0.0537. The summed E-state index contributed by atoms with van der Waals surface area (Å²) >= 11 is 0. The van der Waals surface area contributed by atoms with Crippen molar-refractivity contribution in [2.75, 3.05) is 0 Å². The molecule has 0 amide bonds. The maximum Gasteiger partial charge on any atom is 0.149 e. The van der Waals surface area contributed by atoms with E-state index in [2.05, 4.69) is 71.0 Å². The highest BCUT2D eigenvalue weighted by Gasteiger charge is 2.27. The average Bonchev–Trinajstić information content (AvgIpc) is 3.67. The highest BCUT2D eigenvalue weighted by atomic mass is 16.3.